The van der Waals surface area contributed by atoms with Gasteiger partial charge >= 0.3 is 0 Å². The quantitative estimate of drug-likeness (QED) is 0.677. The lowest BCUT2D eigenvalue weighted by molar-refractivity contribution is 0.402. The first-order valence-electron chi connectivity index (χ1n) is 4.10. The van der Waals surface area contributed by atoms with Crippen LogP contribution in [0.15, 0.2) is 16.7 Å². The Morgan fingerprint density at radius 1 is 1.45 bits per heavy atom. The maximum absolute atomic E-state index is 3.50. The zero-order chi connectivity index (χ0) is 7.84. The smallest absolute Gasteiger partial charge is 0.0846 e. The Balaban J connectivity index is 2.29. The third-order valence-electron chi connectivity index (χ3n) is 2.62. The number of nitrogens with zero attached hydrogens (tertiary/aromatic N) is 1. The number of aromatic nitrogens is 1. The largest absolute Gasteiger partial charge is 0.342 e. The van der Waals surface area contributed by atoms with Gasteiger partial charge in [0, 0.05) is 12.7 Å². The highest BCUT2D eigenvalue weighted by Crippen LogP contribution is 2.37. The van der Waals surface area contributed by atoms with Gasteiger partial charge in [0.15, 0.2) is 0 Å². The molecule has 0 saturated heterocycles. The van der Waals surface area contributed by atoms with Gasteiger partial charge in [-0.3, -0.25) is 0 Å². The van der Waals surface area contributed by atoms with Gasteiger partial charge in [0.25, 0.3) is 0 Å². The van der Waals surface area contributed by atoms with E-state index in [0.29, 0.717) is 0 Å². The second-order valence-electron chi connectivity index (χ2n) is 3.27. The Morgan fingerprint density at radius 3 is 2.55 bits per heavy atom. The van der Waals surface area contributed by atoms with Crippen molar-refractivity contribution < 1.29 is 0 Å². The topological polar surface area (TPSA) is 4.93 Å². The molecule has 0 radical (unpaired) electrons. The summed E-state index contributed by atoms with van der Waals surface area (Å²) >= 11 is 3.50. The maximum atomic E-state index is 3.50. The lowest BCUT2D eigenvalue weighted by atomic mass is 9.83. The molecule has 11 heavy (non-hydrogen) atoms. The van der Waals surface area contributed by atoms with E-state index in [0.717, 1.165) is 5.92 Å². The number of rotatable bonds is 1. The summed E-state index contributed by atoms with van der Waals surface area (Å²) in [6, 6.07) is 4.36. The molecule has 0 unspecified atom stereocenters. The minimum Gasteiger partial charge on any atom is -0.342 e. The normalized spacial score (nSPS) is 18.4. The predicted octanol–water partition coefficient (Wildman–Crippen LogP) is 3.06. The fourth-order valence-electron chi connectivity index (χ4n) is 1.62. The summed E-state index contributed by atoms with van der Waals surface area (Å²) in [5.41, 5.74) is 1.49. The highest BCUT2D eigenvalue weighted by atomic mass is 79.9. The van der Waals surface area contributed by atoms with Crippen LogP contribution in [0.4, 0.5) is 0 Å². The molecule has 0 N–H and O–H groups in total. The molecule has 2 heteroatoms. The van der Waals surface area contributed by atoms with Crippen LogP contribution in [0.2, 0.25) is 0 Å². The fraction of sp³-hybridized carbons (Fsp3) is 0.556. The van der Waals surface area contributed by atoms with Crippen LogP contribution in [-0.2, 0) is 7.05 Å². The summed E-state index contributed by atoms with van der Waals surface area (Å²) in [5, 5.41) is 0. The molecular weight excluding hydrogens is 202 g/mol. The molecule has 1 heterocycles. The molecule has 0 amide bonds. The lowest BCUT2D eigenvalue weighted by Crippen LogP contribution is -2.12. The third-order valence-corrected chi connectivity index (χ3v) is 3.42. The summed E-state index contributed by atoms with van der Waals surface area (Å²) in [5.74, 6) is 0.839. The first-order valence-corrected chi connectivity index (χ1v) is 4.89. The molecule has 1 aromatic heterocycles. The SMILES string of the molecule is Cn1c(Br)ccc1C1CCC1. The van der Waals surface area contributed by atoms with E-state index in [9.17, 15) is 0 Å². The minimum atomic E-state index is 0.839. The van der Waals surface area contributed by atoms with E-state index in [1.165, 1.54) is 29.6 Å². The van der Waals surface area contributed by atoms with Gasteiger partial charge in [0.1, 0.15) is 0 Å². The van der Waals surface area contributed by atoms with Crippen LogP contribution in [0, 0.1) is 0 Å². The average Bonchev–Trinajstić information content (AvgIpc) is 2.15. The van der Waals surface area contributed by atoms with Gasteiger partial charge < -0.3 is 4.57 Å². The summed E-state index contributed by atoms with van der Waals surface area (Å²) in [4.78, 5) is 0. The molecule has 1 saturated carbocycles. The molecule has 0 spiro atoms. The number of hydrogen-bond donors (Lipinski definition) is 0. The Morgan fingerprint density at radius 2 is 2.18 bits per heavy atom. The predicted molar refractivity (Wildman–Crippen MR) is 49.7 cm³/mol. The summed E-state index contributed by atoms with van der Waals surface area (Å²) < 4.78 is 3.43. The second kappa shape index (κ2) is 2.67. The van der Waals surface area contributed by atoms with Crippen molar-refractivity contribution >= 4 is 15.9 Å². The van der Waals surface area contributed by atoms with E-state index in [1.54, 1.807) is 0 Å². The van der Waals surface area contributed by atoms with Crippen molar-refractivity contribution in [1.29, 1.82) is 0 Å². The van der Waals surface area contributed by atoms with Crippen molar-refractivity contribution in [3.05, 3.63) is 22.4 Å². The maximum Gasteiger partial charge on any atom is 0.0846 e. The molecule has 0 aliphatic heterocycles. The molecule has 1 aliphatic carbocycles. The van der Waals surface area contributed by atoms with Gasteiger partial charge in [-0.2, -0.15) is 0 Å². The zero-order valence-electron chi connectivity index (χ0n) is 6.68. The summed E-state index contributed by atoms with van der Waals surface area (Å²) in [6.45, 7) is 0. The van der Waals surface area contributed by atoms with Crippen LogP contribution in [0.5, 0.6) is 0 Å². The zero-order valence-corrected chi connectivity index (χ0v) is 8.26. The monoisotopic (exact) mass is 213 g/mol. The molecule has 1 nitrogen and oxygen atoms in total. The van der Waals surface area contributed by atoms with Gasteiger partial charge in [0.2, 0.25) is 0 Å². The number of hydrogen-bond acceptors (Lipinski definition) is 0. The Hall–Kier alpha value is -0.240. The molecule has 60 valence electrons. The van der Waals surface area contributed by atoms with Gasteiger partial charge in [-0.1, -0.05) is 6.42 Å². The van der Waals surface area contributed by atoms with E-state index in [-0.39, 0.29) is 0 Å². The van der Waals surface area contributed by atoms with Gasteiger partial charge in [-0.05, 0) is 46.8 Å². The lowest BCUT2D eigenvalue weighted by Gasteiger charge is -2.26. The first-order chi connectivity index (χ1) is 5.29. The van der Waals surface area contributed by atoms with Crippen LogP contribution in [-0.4, -0.2) is 4.57 Å². The molecule has 1 fully saturated rings. The molecule has 0 atom stereocenters. The fourth-order valence-corrected chi connectivity index (χ4v) is 1.95. The average molecular weight is 214 g/mol. The van der Waals surface area contributed by atoms with E-state index < -0.39 is 0 Å². The van der Waals surface area contributed by atoms with Crippen molar-refractivity contribution in [3.63, 3.8) is 0 Å². The Kier molecular flexibility index (Phi) is 1.80. The standard InChI is InChI=1S/C9H12BrN/c1-11-8(5-6-9(11)10)7-3-2-4-7/h5-7H,2-4H2,1H3. The summed E-state index contributed by atoms with van der Waals surface area (Å²) in [6.07, 6.45) is 4.17. The Bertz CT molecular complexity index is 261. The first kappa shape index (κ1) is 7.41. The third kappa shape index (κ3) is 1.13. The summed E-state index contributed by atoms with van der Waals surface area (Å²) in [7, 11) is 2.12. The van der Waals surface area contributed by atoms with E-state index in [2.05, 4.69) is 39.7 Å². The van der Waals surface area contributed by atoms with Crippen LogP contribution < -0.4 is 0 Å². The minimum absolute atomic E-state index is 0.839. The van der Waals surface area contributed by atoms with Crippen LogP contribution in [0.3, 0.4) is 0 Å². The molecule has 2 rings (SSSR count). The molecule has 1 aliphatic rings. The second-order valence-corrected chi connectivity index (χ2v) is 4.08. The van der Waals surface area contributed by atoms with Gasteiger partial charge in [-0.15, -0.1) is 0 Å². The van der Waals surface area contributed by atoms with Crippen LogP contribution in [0.1, 0.15) is 30.9 Å². The van der Waals surface area contributed by atoms with E-state index in [1.807, 2.05) is 0 Å². The van der Waals surface area contributed by atoms with Crippen molar-refractivity contribution in [3.8, 4) is 0 Å². The number of halogens is 1. The van der Waals surface area contributed by atoms with Crippen molar-refractivity contribution in [2.45, 2.75) is 25.2 Å². The molecule has 0 aromatic carbocycles. The Labute approximate surface area is 75.5 Å². The van der Waals surface area contributed by atoms with Crippen LogP contribution >= 0.6 is 15.9 Å². The van der Waals surface area contributed by atoms with Crippen molar-refractivity contribution in [2.75, 3.05) is 0 Å². The van der Waals surface area contributed by atoms with Gasteiger partial charge in [-0.25, -0.2) is 0 Å². The van der Waals surface area contributed by atoms with E-state index in [4.69, 9.17) is 0 Å². The highest BCUT2D eigenvalue weighted by Gasteiger charge is 2.21. The molecular formula is C9H12BrN. The molecule has 1 aromatic rings. The van der Waals surface area contributed by atoms with E-state index >= 15 is 0 Å². The molecule has 0 bridgehead atoms. The van der Waals surface area contributed by atoms with Crippen LogP contribution in [0.25, 0.3) is 0 Å². The highest BCUT2D eigenvalue weighted by molar-refractivity contribution is 9.10. The van der Waals surface area contributed by atoms with Crippen molar-refractivity contribution in [2.24, 2.45) is 7.05 Å². The van der Waals surface area contributed by atoms with Crippen molar-refractivity contribution in [1.82, 2.24) is 4.57 Å². The van der Waals surface area contributed by atoms with Gasteiger partial charge in [0.05, 0.1) is 4.60 Å².